The second-order valence-electron chi connectivity index (χ2n) is 10.5. The largest absolute Gasteiger partial charge is 0.368 e. The molecule has 2 heterocycles. The number of aromatic nitrogens is 2. The lowest BCUT2D eigenvalue weighted by Gasteiger charge is -2.37. The number of hydrogen-bond donors (Lipinski definition) is 1. The molecule has 41 heavy (non-hydrogen) atoms. The third-order valence-corrected chi connectivity index (χ3v) is 8.48. The number of benzene rings is 3. The first-order chi connectivity index (χ1) is 19.9. The molecule has 1 amide bonds. The molecule has 1 N–H and O–H groups in total. The molecule has 3 aromatic carbocycles. The molecule has 0 bridgehead atoms. The highest BCUT2D eigenvalue weighted by Gasteiger charge is 2.20. The van der Waals surface area contributed by atoms with E-state index in [-0.39, 0.29) is 11.9 Å². The van der Waals surface area contributed by atoms with Gasteiger partial charge in [0.15, 0.2) is 5.16 Å². The van der Waals surface area contributed by atoms with Gasteiger partial charge >= 0.3 is 0 Å². The van der Waals surface area contributed by atoms with Gasteiger partial charge in [0.1, 0.15) is 11.0 Å². The highest BCUT2D eigenvalue weighted by atomic mass is 35.5. The Kier molecular flexibility index (Phi) is 9.80. The van der Waals surface area contributed by atoms with Crippen LogP contribution in [0.1, 0.15) is 40.4 Å². The van der Waals surface area contributed by atoms with Crippen molar-refractivity contribution < 1.29 is 4.79 Å². The lowest BCUT2D eigenvalue weighted by atomic mass is 10.1. The number of nitrogens with one attached hydrogen (secondary N) is 1. The van der Waals surface area contributed by atoms with Crippen LogP contribution in [0.3, 0.4) is 0 Å². The number of rotatable bonds is 10. The molecular weight excluding hydrogens is 550 g/mol. The van der Waals surface area contributed by atoms with E-state index in [2.05, 4.69) is 70.3 Å². The Bertz CT molecular complexity index is 1460. The Labute approximate surface area is 252 Å². The van der Waals surface area contributed by atoms with Crippen LogP contribution >= 0.6 is 23.4 Å². The van der Waals surface area contributed by atoms with Crippen LogP contribution < -0.4 is 15.1 Å². The molecule has 0 spiro atoms. The summed E-state index contributed by atoms with van der Waals surface area (Å²) < 4.78 is 0. The molecule has 0 saturated carbocycles. The predicted octanol–water partition coefficient (Wildman–Crippen LogP) is 6.81. The third kappa shape index (κ3) is 8.02. The number of carbonyl (C=O) groups is 1. The van der Waals surface area contributed by atoms with Crippen molar-refractivity contribution in [3.8, 4) is 0 Å². The van der Waals surface area contributed by atoms with E-state index < -0.39 is 0 Å². The molecule has 0 radical (unpaired) electrons. The number of halogens is 1. The predicted molar refractivity (Wildman–Crippen MR) is 170 cm³/mol. The van der Waals surface area contributed by atoms with Crippen molar-refractivity contribution >= 4 is 40.8 Å². The molecule has 1 aliphatic rings. The fraction of sp³-hybridized carbons (Fsp3) is 0.303. The number of amides is 1. The topological polar surface area (TPSA) is 61.4 Å². The van der Waals surface area contributed by atoms with E-state index in [1.165, 1.54) is 28.6 Å². The van der Waals surface area contributed by atoms with E-state index in [1.54, 1.807) is 0 Å². The Hall–Kier alpha value is -3.55. The van der Waals surface area contributed by atoms with Gasteiger partial charge < -0.3 is 15.1 Å². The van der Waals surface area contributed by atoms with E-state index >= 15 is 0 Å². The number of anilines is 2. The average Bonchev–Trinajstić information content (AvgIpc) is 3.00. The van der Waals surface area contributed by atoms with Crippen LogP contribution in [0, 0.1) is 6.92 Å². The Morgan fingerprint density at radius 3 is 2.39 bits per heavy atom. The van der Waals surface area contributed by atoms with E-state index in [0.29, 0.717) is 21.6 Å². The second-order valence-corrected chi connectivity index (χ2v) is 11.8. The van der Waals surface area contributed by atoms with Gasteiger partial charge in [-0.05, 0) is 61.6 Å². The quantitative estimate of drug-likeness (QED) is 0.125. The fourth-order valence-electron chi connectivity index (χ4n) is 5.06. The van der Waals surface area contributed by atoms with Crippen molar-refractivity contribution in [1.82, 2.24) is 15.3 Å². The third-order valence-electron chi connectivity index (χ3n) is 7.36. The van der Waals surface area contributed by atoms with Gasteiger partial charge in [-0.15, -0.1) is 0 Å². The summed E-state index contributed by atoms with van der Waals surface area (Å²) in [4.78, 5) is 26.9. The van der Waals surface area contributed by atoms with Crippen molar-refractivity contribution in [3.05, 3.63) is 112 Å². The van der Waals surface area contributed by atoms with Crippen molar-refractivity contribution in [3.63, 3.8) is 0 Å². The van der Waals surface area contributed by atoms with E-state index in [9.17, 15) is 4.79 Å². The SMILES string of the molecule is Cc1ccccc1N1CCN(c2cc(Cl)nc(SCc3cccc(C(=O)NC(C)CCc4ccccc4)c3)n2)CC1. The van der Waals surface area contributed by atoms with E-state index in [1.807, 2.05) is 48.5 Å². The number of hydrogen-bond acceptors (Lipinski definition) is 6. The minimum absolute atomic E-state index is 0.0523. The van der Waals surface area contributed by atoms with Crippen molar-refractivity contribution in [2.75, 3.05) is 36.0 Å². The number of carbonyl (C=O) groups excluding carboxylic acids is 1. The summed E-state index contributed by atoms with van der Waals surface area (Å²) in [5.41, 5.74) is 5.57. The zero-order chi connectivity index (χ0) is 28.6. The highest BCUT2D eigenvalue weighted by Crippen LogP contribution is 2.27. The van der Waals surface area contributed by atoms with Crippen LogP contribution in [0.15, 0.2) is 90.1 Å². The van der Waals surface area contributed by atoms with Crippen LogP contribution in [0.5, 0.6) is 0 Å². The summed E-state index contributed by atoms with van der Waals surface area (Å²) in [7, 11) is 0. The van der Waals surface area contributed by atoms with Crippen LogP contribution in [-0.2, 0) is 12.2 Å². The fourth-order valence-corrected chi connectivity index (χ4v) is 6.09. The molecule has 1 atom stereocenters. The lowest BCUT2D eigenvalue weighted by Crippen LogP contribution is -2.47. The first-order valence-electron chi connectivity index (χ1n) is 14.1. The van der Waals surface area contributed by atoms with Gasteiger partial charge in [0, 0.05) is 55.3 Å². The highest BCUT2D eigenvalue weighted by molar-refractivity contribution is 7.98. The molecule has 1 fully saturated rings. The van der Waals surface area contributed by atoms with Crippen LogP contribution in [-0.4, -0.2) is 48.1 Å². The maximum Gasteiger partial charge on any atom is 0.251 e. The summed E-state index contributed by atoms with van der Waals surface area (Å²) in [6, 6.07) is 28.6. The first-order valence-corrected chi connectivity index (χ1v) is 15.5. The molecule has 1 saturated heterocycles. The van der Waals surface area contributed by atoms with Gasteiger partial charge in [-0.1, -0.05) is 84.0 Å². The van der Waals surface area contributed by atoms with Crippen molar-refractivity contribution in [2.45, 2.75) is 43.6 Å². The van der Waals surface area contributed by atoms with E-state index in [4.69, 9.17) is 16.6 Å². The smallest absolute Gasteiger partial charge is 0.251 e. The molecule has 4 aromatic rings. The lowest BCUT2D eigenvalue weighted by molar-refractivity contribution is 0.0938. The van der Waals surface area contributed by atoms with Crippen molar-refractivity contribution in [2.24, 2.45) is 0 Å². The van der Waals surface area contributed by atoms with Gasteiger partial charge in [0.05, 0.1) is 0 Å². The number of thioether (sulfide) groups is 1. The molecule has 6 nitrogen and oxygen atoms in total. The molecule has 1 unspecified atom stereocenters. The zero-order valence-electron chi connectivity index (χ0n) is 23.6. The molecular formula is C33H36ClN5OS. The number of nitrogens with zero attached hydrogens (tertiary/aromatic N) is 4. The number of aryl methyl sites for hydroxylation is 2. The summed E-state index contributed by atoms with van der Waals surface area (Å²) >= 11 is 7.95. The van der Waals surface area contributed by atoms with E-state index in [0.717, 1.165) is 50.4 Å². The molecule has 8 heteroatoms. The Morgan fingerprint density at radius 2 is 1.61 bits per heavy atom. The summed E-state index contributed by atoms with van der Waals surface area (Å²) in [6.45, 7) is 7.80. The van der Waals surface area contributed by atoms with Gasteiger partial charge in [0.2, 0.25) is 0 Å². The Morgan fingerprint density at radius 1 is 0.902 bits per heavy atom. The van der Waals surface area contributed by atoms with Gasteiger partial charge in [-0.2, -0.15) is 0 Å². The minimum atomic E-state index is -0.0523. The first kappa shape index (κ1) is 29.0. The minimum Gasteiger partial charge on any atom is -0.368 e. The number of piperazine rings is 1. The second kappa shape index (κ2) is 13.9. The maximum atomic E-state index is 12.9. The van der Waals surface area contributed by atoms with Gasteiger partial charge in [0.25, 0.3) is 5.91 Å². The van der Waals surface area contributed by atoms with Gasteiger partial charge in [-0.25, -0.2) is 9.97 Å². The monoisotopic (exact) mass is 585 g/mol. The average molecular weight is 586 g/mol. The zero-order valence-corrected chi connectivity index (χ0v) is 25.2. The van der Waals surface area contributed by atoms with Crippen molar-refractivity contribution in [1.29, 1.82) is 0 Å². The van der Waals surface area contributed by atoms with Crippen LogP contribution in [0.2, 0.25) is 5.15 Å². The standard InChI is InChI=1S/C33H36ClN5OS/c1-24-9-6-7-14-29(24)38-17-19-39(20-18-38)31-22-30(34)36-33(37-31)41-23-27-12-8-13-28(21-27)32(40)35-25(2)15-16-26-10-4-3-5-11-26/h3-14,21-22,25H,15-20,23H2,1-2H3,(H,35,40). The Balaban J connectivity index is 1.15. The normalized spacial score (nSPS) is 14.1. The van der Waals surface area contributed by atoms with Crippen LogP contribution in [0.4, 0.5) is 11.5 Å². The summed E-state index contributed by atoms with van der Waals surface area (Å²) in [5, 5.41) is 4.22. The number of para-hydroxylation sites is 1. The molecule has 212 valence electrons. The molecule has 0 aliphatic carbocycles. The maximum absolute atomic E-state index is 12.9. The van der Waals surface area contributed by atoms with Crippen LogP contribution in [0.25, 0.3) is 0 Å². The van der Waals surface area contributed by atoms with Gasteiger partial charge in [-0.3, -0.25) is 4.79 Å². The summed E-state index contributed by atoms with van der Waals surface area (Å²) in [5.74, 6) is 1.45. The molecule has 5 rings (SSSR count). The molecule has 1 aliphatic heterocycles. The molecule has 1 aromatic heterocycles. The summed E-state index contributed by atoms with van der Waals surface area (Å²) in [6.07, 6.45) is 1.82.